The molecule has 0 saturated heterocycles. The van der Waals surface area contributed by atoms with E-state index in [4.69, 9.17) is 5.73 Å². The molecule has 0 atom stereocenters. The molecular formula is C17H18N2O. The predicted molar refractivity (Wildman–Crippen MR) is 79.9 cm³/mol. The third-order valence-corrected chi connectivity index (χ3v) is 3.89. The van der Waals surface area contributed by atoms with Crippen LogP contribution in [0.2, 0.25) is 0 Å². The van der Waals surface area contributed by atoms with Crippen LogP contribution in [-0.4, -0.2) is 10.8 Å². The zero-order valence-electron chi connectivity index (χ0n) is 11.6. The summed E-state index contributed by atoms with van der Waals surface area (Å²) in [5.74, 6) is 0.319. The van der Waals surface area contributed by atoms with Crippen LogP contribution in [0.1, 0.15) is 45.6 Å². The molecule has 3 rings (SSSR count). The van der Waals surface area contributed by atoms with Crippen molar-refractivity contribution in [2.24, 2.45) is 0 Å². The molecule has 0 bridgehead atoms. The number of nitrogen functional groups attached to an aromatic ring is 1. The van der Waals surface area contributed by atoms with Crippen molar-refractivity contribution in [1.82, 2.24) is 4.98 Å². The van der Waals surface area contributed by atoms with Crippen LogP contribution in [0.25, 0.3) is 0 Å². The molecule has 20 heavy (non-hydrogen) atoms. The van der Waals surface area contributed by atoms with E-state index in [-0.39, 0.29) is 5.78 Å². The third-order valence-electron chi connectivity index (χ3n) is 3.89. The number of aromatic nitrogens is 1. The lowest BCUT2D eigenvalue weighted by Crippen LogP contribution is -2.13. The molecule has 1 aromatic carbocycles. The summed E-state index contributed by atoms with van der Waals surface area (Å²) in [7, 11) is 0. The summed E-state index contributed by atoms with van der Waals surface area (Å²) < 4.78 is 0. The number of fused-ring (bicyclic) bond motifs is 1. The summed E-state index contributed by atoms with van der Waals surface area (Å²) in [4.78, 5) is 17.0. The Labute approximate surface area is 118 Å². The van der Waals surface area contributed by atoms with E-state index in [1.807, 2.05) is 37.3 Å². The summed E-state index contributed by atoms with van der Waals surface area (Å²) in [6, 6.07) is 9.51. The Morgan fingerprint density at radius 2 is 1.85 bits per heavy atom. The Balaban J connectivity index is 2.01. The SMILES string of the molecule is Cc1ccc(C(=O)c2cc3c(nc2N)CCCC3)cc1. The summed E-state index contributed by atoms with van der Waals surface area (Å²) in [6.07, 6.45) is 4.29. The van der Waals surface area contributed by atoms with Gasteiger partial charge >= 0.3 is 0 Å². The number of anilines is 1. The zero-order chi connectivity index (χ0) is 14.1. The van der Waals surface area contributed by atoms with E-state index in [1.54, 1.807) is 0 Å². The van der Waals surface area contributed by atoms with Gasteiger partial charge in [0.05, 0.1) is 5.56 Å². The first-order valence-electron chi connectivity index (χ1n) is 7.05. The molecular weight excluding hydrogens is 248 g/mol. The van der Waals surface area contributed by atoms with Crippen LogP contribution >= 0.6 is 0 Å². The summed E-state index contributed by atoms with van der Waals surface area (Å²) in [6.45, 7) is 2.00. The number of ketones is 1. The van der Waals surface area contributed by atoms with Crippen LogP contribution in [0.15, 0.2) is 30.3 Å². The van der Waals surface area contributed by atoms with E-state index in [0.717, 1.165) is 36.9 Å². The third kappa shape index (κ3) is 2.31. The Hall–Kier alpha value is -2.16. The summed E-state index contributed by atoms with van der Waals surface area (Å²) in [5.41, 5.74) is 10.6. The van der Waals surface area contributed by atoms with Crippen molar-refractivity contribution in [3.63, 3.8) is 0 Å². The number of nitrogens with zero attached hydrogens (tertiary/aromatic N) is 1. The van der Waals surface area contributed by atoms with Gasteiger partial charge in [-0.15, -0.1) is 0 Å². The van der Waals surface area contributed by atoms with Gasteiger partial charge in [-0.2, -0.15) is 0 Å². The number of rotatable bonds is 2. The highest BCUT2D eigenvalue weighted by atomic mass is 16.1. The minimum absolute atomic E-state index is 0.0385. The van der Waals surface area contributed by atoms with Gasteiger partial charge in [0.2, 0.25) is 0 Å². The number of benzene rings is 1. The monoisotopic (exact) mass is 266 g/mol. The van der Waals surface area contributed by atoms with Crippen LogP contribution < -0.4 is 5.73 Å². The first kappa shape index (κ1) is 12.9. The number of hydrogen-bond acceptors (Lipinski definition) is 3. The van der Waals surface area contributed by atoms with E-state index in [2.05, 4.69) is 4.98 Å². The molecule has 1 aliphatic rings. The minimum Gasteiger partial charge on any atom is -0.383 e. The lowest BCUT2D eigenvalue weighted by Gasteiger charge is -2.16. The fraction of sp³-hybridized carbons (Fsp3) is 0.294. The van der Waals surface area contributed by atoms with Crippen molar-refractivity contribution in [3.05, 3.63) is 58.3 Å². The highest BCUT2D eigenvalue weighted by molar-refractivity contribution is 6.11. The minimum atomic E-state index is -0.0385. The number of aryl methyl sites for hydroxylation is 3. The van der Waals surface area contributed by atoms with Gasteiger partial charge in [-0.3, -0.25) is 4.79 Å². The molecule has 0 fully saturated rings. The first-order chi connectivity index (χ1) is 9.65. The average molecular weight is 266 g/mol. The van der Waals surface area contributed by atoms with Crippen LogP contribution in [0.5, 0.6) is 0 Å². The van der Waals surface area contributed by atoms with Crippen molar-refractivity contribution in [2.45, 2.75) is 32.6 Å². The second kappa shape index (κ2) is 5.08. The van der Waals surface area contributed by atoms with E-state index in [1.165, 1.54) is 5.56 Å². The van der Waals surface area contributed by atoms with Gasteiger partial charge in [-0.25, -0.2) is 4.98 Å². The van der Waals surface area contributed by atoms with Crippen molar-refractivity contribution in [2.75, 3.05) is 5.73 Å². The van der Waals surface area contributed by atoms with Crippen molar-refractivity contribution >= 4 is 11.6 Å². The van der Waals surface area contributed by atoms with Gasteiger partial charge in [-0.05, 0) is 44.2 Å². The Morgan fingerprint density at radius 1 is 1.15 bits per heavy atom. The highest BCUT2D eigenvalue weighted by Gasteiger charge is 2.18. The zero-order valence-corrected chi connectivity index (χ0v) is 11.6. The molecule has 1 aliphatic carbocycles. The number of carbonyl (C=O) groups excluding carboxylic acids is 1. The second-order valence-corrected chi connectivity index (χ2v) is 5.43. The predicted octanol–water partition coefficient (Wildman–Crippen LogP) is 3.08. The average Bonchev–Trinajstić information content (AvgIpc) is 2.46. The maximum Gasteiger partial charge on any atom is 0.196 e. The van der Waals surface area contributed by atoms with Crippen molar-refractivity contribution in [1.29, 1.82) is 0 Å². The van der Waals surface area contributed by atoms with Crippen molar-refractivity contribution in [3.8, 4) is 0 Å². The lowest BCUT2D eigenvalue weighted by molar-refractivity contribution is 0.103. The molecule has 0 spiro atoms. The maximum absolute atomic E-state index is 12.5. The van der Waals surface area contributed by atoms with E-state index >= 15 is 0 Å². The molecule has 2 aromatic rings. The molecule has 3 nitrogen and oxygen atoms in total. The molecule has 2 N–H and O–H groups in total. The van der Waals surface area contributed by atoms with Crippen LogP contribution in [0.4, 0.5) is 5.82 Å². The van der Waals surface area contributed by atoms with Gasteiger partial charge in [0, 0.05) is 11.3 Å². The summed E-state index contributed by atoms with van der Waals surface area (Å²) in [5, 5.41) is 0. The molecule has 1 aromatic heterocycles. The quantitative estimate of drug-likeness (QED) is 0.850. The van der Waals surface area contributed by atoms with Gasteiger partial charge in [-0.1, -0.05) is 29.8 Å². The number of carbonyl (C=O) groups is 1. The highest BCUT2D eigenvalue weighted by Crippen LogP contribution is 2.25. The fourth-order valence-electron chi connectivity index (χ4n) is 2.69. The molecule has 0 unspecified atom stereocenters. The number of nitrogens with two attached hydrogens (primary N) is 1. The van der Waals surface area contributed by atoms with Crippen LogP contribution in [0.3, 0.4) is 0 Å². The molecule has 0 aliphatic heterocycles. The Kier molecular flexibility index (Phi) is 3.26. The van der Waals surface area contributed by atoms with Crippen LogP contribution in [-0.2, 0) is 12.8 Å². The van der Waals surface area contributed by atoms with Gasteiger partial charge in [0.15, 0.2) is 5.78 Å². The van der Waals surface area contributed by atoms with E-state index < -0.39 is 0 Å². The standard InChI is InChI=1S/C17H18N2O/c1-11-6-8-12(9-7-11)16(20)14-10-13-4-2-3-5-15(13)19-17(14)18/h6-10H,2-5H2,1H3,(H2,18,19). The first-order valence-corrected chi connectivity index (χ1v) is 7.05. The van der Waals surface area contributed by atoms with Gasteiger partial charge < -0.3 is 5.73 Å². The molecule has 0 saturated carbocycles. The normalized spacial score (nSPS) is 13.8. The number of pyridine rings is 1. The Morgan fingerprint density at radius 3 is 2.60 bits per heavy atom. The molecule has 0 amide bonds. The fourth-order valence-corrected chi connectivity index (χ4v) is 2.69. The maximum atomic E-state index is 12.5. The summed E-state index contributed by atoms with van der Waals surface area (Å²) >= 11 is 0. The van der Waals surface area contributed by atoms with E-state index in [0.29, 0.717) is 16.9 Å². The van der Waals surface area contributed by atoms with Gasteiger partial charge in [0.1, 0.15) is 5.82 Å². The molecule has 3 heteroatoms. The topological polar surface area (TPSA) is 56.0 Å². The smallest absolute Gasteiger partial charge is 0.196 e. The van der Waals surface area contributed by atoms with Crippen molar-refractivity contribution < 1.29 is 4.79 Å². The Bertz CT molecular complexity index is 659. The molecule has 1 heterocycles. The van der Waals surface area contributed by atoms with Crippen LogP contribution in [0, 0.1) is 6.92 Å². The number of hydrogen-bond donors (Lipinski definition) is 1. The molecule has 0 radical (unpaired) electrons. The second-order valence-electron chi connectivity index (χ2n) is 5.43. The van der Waals surface area contributed by atoms with Gasteiger partial charge in [0.25, 0.3) is 0 Å². The molecule has 102 valence electrons. The van der Waals surface area contributed by atoms with E-state index in [9.17, 15) is 4.79 Å². The lowest BCUT2D eigenvalue weighted by atomic mass is 9.93. The largest absolute Gasteiger partial charge is 0.383 e.